The van der Waals surface area contributed by atoms with Gasteiger partial charge in [-0.3, -0.25) is 9.59 Å². The summed E-state index contributed by atoms with van der Waals surface area (Å²) in [7, 11) is 0. The first-order valence-corrected chi connectivity index (χ1v) is 8.82. The van der Waals surface area contributed by atoms with Gasteiger partial charge in [0.25, 0.3) is 0 Å². The molecule has 130 valence electrons. The Hall–Kier alpha value is -2.33. The summed E-state index contributed by atoms with van der Waals surface area (Å²) in [5.41, 5.74) is 3.17. The Kier molecular flexibility index (Phi) is 5.39. The summed E-state index contributed by atoms with van der Waals surface area (Å²) in [4.78, 5) is 26.6. The van der Waals surface area contributed by atoms with Crippen LogP contribution in [0.4, 0.5) is 5.69 Å². The molecule has 1 N–H and O–H groups in total. The van der Waals surface area contributed by atoms with Crippen molar-refractivity contribution in [2.45, 2.75) is 19.8 Å². The van der Waals surface area contributed by atoms with Gasteiger partial charge < -0.3 is 10.2 Å². The molecule has 25 heavy (non-hydrogen) atoms. The third-order valence-corrected chi connectivity index (χ3v) is 4.71. The van der Waals surface area contributed by atoms with Crippen molar-refractivity contribution in [3.05, 3.63) is 64.7 Å². The average Bonchev–Trinajstić information content (AvgIpc) is 2.97. The zero-order valence-corrected chi connectivity index (χ0v) is 14.9. The van der Waals surface area contributed by atoms with Crippen LogP contribution in [0.3, 0.4) is 0 Å². The summed E-state index contributed by atoms with van der Waals surface area (Å²) in [5, 5.41) is 3.52. The summed E-state index contributed by atoms with van der Waals surface area (Å²) in [6.45, 7) is 3.13. The van der Waals surface area contributed by atoms with Gasteiger partial charge in [-0.1, -0.05) is 41.4 Å². The Morgan fingerprint density at radius 1 is 1.24 bits per heavy atom. The van der Waals surface area contributed by atoms with Crippen molar-refractivity contribution in [3.8, 4) is 0 Å². The molecule has 1 aliphatic rings. The lowest BCUT2D eigenvalue weighted by atomic mass is 10.1. The van der Waals surface area contributed by atoms with Gasteiger partial charge in [0, 0.05) is 23.8 Å². The molecular formula is C20H21ClN2O2. The number of nitrogens with one attached hydrogen (secondary N) is 1. The maximum Gasteiger partial charge on any atom is 0.239 e. The van der Waals surface area contributed by atoms with Crippen LogP contribution in [-0.4, -0.2) is 24.9 Å². The second-order valence-electron chi connectivity index (χ2n) is 6.34. The highest BCUT2D eigenvalue weighted by molar-refractivity contribution is 6.30. The van der Waals surface area contributed by atoms with Gasteiger partial charge in [-0.15, -0.1) is 0 Å². The number of hydrogen-bond acceptors (Lipinski definition) is 2. The molecular weight excluding hydrogens is 336 g/mol. The maximum absolute atomic E-state index is 12.5. The van der Waals surface area contributed by atoms with Crippen LogP contribution in [0.5, 0.6) is 0 Å². The van der Waals surface area contributed by atoms with Gasteiger partial charge in [0.2, 0.25) is 11.8 Å². The lowest BCUT2D eigenvalue weighted by molar-refractivity contribution is -0.132. The lowest BCUT2D eigenvalue weighted by Gasteiger charge is -2.17. The number of rotatable bonds is 5. The zero-order valence-electron chi connectivity index (χ0n) is 14.2. The predicted molar refractivity (Wildman–Crippen MR) is 99.8 cm³/mol. The molecule has 3 rings (SSSR count). The second kappa shape index (κ2) is 7.70. The standard InChI is InChI=1S/C20H21ClN2O2/c1-14-3-2-4-15(13-14)9-11-22-19(24)18-10-12-23(20(18)25)17-7-5-16(21)6-8-17/h2-8,13,18H,9-12H2,1H3,(H,22,24)/t18-/m1/s1. The molecule has 5 heteroatoms. The molecule has 1 fully saturated rings. The van der Waals surface area contributed by atoms with E-state index < -0.39 is 5.92 Å². The monoisotopic (exact) mass is 356 g/mol. The number of benzene rings is 2. The molecule has 1 heterocycles. The number of halogens is 1. The first kappa shape index (κ1) is 17.5. The van der Waals surface area contributed by atoms with Crippen molar-refractivity contribution < 1.29 is 9.59 Å². The minimum absolute atomic E-state index is 0.143. The highest BCUT2D eigenvalue weighted by Gasteiger charge is 2.37. The average molecular weight is 357 g/mol. The Bertz CT molecular complexity index is 774. The van der Waals surface area contributed by atoms with Crippen LogP contribution in [0.25, 0.3) is 0 Å². The first-order valence-electron chi connectivity index (χ1n) is 8.45. The van der Waals surface area contributed by atoms with Crippen LogP contribution in [0.1, 0.15) is 17.5 Å². The highest BCUT2D eigenvalue weighted by atomic mass is 35.5. The van der Waals surface area contributed by atoms with Crippen LogP contribution in [0.2, 0.25) is 5.02 Å². The Morgan fingerprint density at radius 2 is 2.00 bits per heavy atom. The van der Waals surface area contributed by atoms with Gasteiger partial charge in [-0.2, -0.15) is 0 Å². The molecule has 2 aromatic carbocycles. The Labute approximate surface area is 152 Å². The van der Waals surface area contributed by atoms with E-state index in [1.54, 1.807) is 29.2 Å². The van der Waals surface area contributed by atoms with Crippen molar-refractivity contribution in [2.75, 3.05) is 18.0 Å². The first-order chi connectivity index (χ1) is 12.0. The molecule has 2 aromatic rings. The van der Waals surface area contributed by atoms with Crippen molar-refractivity contribution in [1.29, 1.82) is 0 Å². The van der Waals surface area contributed by atoms with Crippen LogP contribution in [-0.2, 0) is 16.0 Å². The van der Waals surface area contributed by atoms with E-state index in [0.717, 1.165) is 12.1 Å². The van der Waals surface area contributed by atoms with Crippen LogP contribution < -0.4 is 10.2 Å². The number of carbonyl (C=O) groups excluding carboxylic acids is 2. The fourth-order valence-electron chi connectivity index (χ4n) is 3.12. The number of nitrogens with zero attached hydrogens (tertiary/aromatic N) is 1. The second-order valence-corrected chi connectivity index (χ2v) is 6.77. The predicted octanol–water partition coefficient (Wildman–Crippen LogP) is 3.36. The molecule has 1 aliphatic heterocycles. The minimum Gasteiger partial charge on any atom is -0.355 e. The smallest absolute Gasteiger partial charge is 0.239 e. The third-order valence-electron chi connectivity index (χ3n) is 4.46. The van der Waals surface area contributed by atoms with Crippen LogP contribution in [0, 0.1) is 12.8 Å². The van der Waals surface area contributed by atoms with Gasteiger partial charge in [0.1, 0.15) is 5.92 Å². The molecule has 0 spiro atoms. The minimum atomic E-state index is -0.604. The van der Waals surface area contributed by atoms with Crippen molar-refractivity contribution in [3.63, 3.8) is 0 Å². The molecule has 0 radical (unpaired) electrons. The van der Waals surface area contributed by atoms with Crippen molar-refractivity contribution in [2.24, 2.45) is 5.92 Å². The van der Waals surface area contributed by atoms with E-state index in [9.17, 15) is 9.59 Å². The lowest BCUT2D eigenvalue weighted by Crippen LogP contribution is -2.37. The molecule has 0 saturated carbocycles. The SMILES string of the molecule is Cc1cccc(CCNC(=O)[C@H]2CCN(c3ccc(Cl)cc3)C2=O)c1. The summed E-state index contributed by atoms with van der Waals surface area (Å²) < 4.78 is 0. The maximum atomic E-state index is 12.5. The summed E-state index contributed by atoms with van der Waals surface area (Å²) in [5.74, 6) is -0.933. The van der Waals surface area contributed by atoms with E-state index in [4.69, 9.17) is 11.6 Å². The van der Waals surface area contributed by atoms with E-state index in [-0.39, 0.29) is 11.8 Å². The number of anilines is 1. The molecule has 0 aliphatic carbocycles. The van der Waals surface area contributed by atoms with Gasteiger partial charge in [-0.25, -0.2) is 0 Å². The fourth-order valence-corrected chi connectivity index (χ4v) is 3.25. The molecule has 4 nitrogen and oxygen atoms in total. The summed E-state index contributed by atoms with van der Waals surface area (Å²) in [6, 6.07) is 15.3. The number of carbonyl (C=O) groups is 2. The zero-order chi connectivity index (χ0) is 17.8. The van der Waals surface area contributed by atoms with Crippen molar-refractivity contribution >= 4 is 29.1 Å². The summed E-state index contributed by atoms with van der Waals surface area (Å²) in [6.07, 6.45) is 1.30. The number of amides is 2. The van der Waals surface area contributed by atoms with E-state index in [0.29, 0.717) is 24.5 Å². The van der Waals surface area contributed by atoms with E-state index in [1.165, 1.54) is 11.1 Å². The number of aryl methyl sites for hydroxylation is 1. The van der Waals surface area contributed by atoms with E-state index in [2.05, 4.69) is 11.4 Å². The highest BCUT2D eigenvalue weighted by Crippen LogP contribution is 2.26. The normalized spacial score (nSPS) is 17.0. The van der Waals surface area contributed by atoms with Crippen LogP contribution >= 0.6 is 11.6 Å². The van der Waals surface area contributed by atoms with Gasteiger partial charge >= 0.3 is 0 Å². The van der Waals surface area contributed by atoms with Crippen LogP contribution in [0.15, 0.2) is 48.5 Å². The fraction of sp³-hybridized carbons (Fsp3) is 0.300. The van der Waals surface area contributed by atoms with Gasteiger partial charge in [-0.05, 0) is 49.6 Å². The van der Waals surface area contributed by atoms with Gasteiger partial charge in [0.15, 0.2) is 0 Å². The molecule has 0 aromatic heterocycles. The Morgan fingerprint density at radius 3 is 2.72 bits per heavy atom. The number of hydrogen-bond donors (Lipinski definition) is 1. The van der Waals surface area contributed by atoms with Crippen molar-refractivity contribution in [1.82, 2.24) is 5.32 Å². The van der Waals surface area contributed by atoms with E-state index >= 15 is 0 Å². The molecule has 1 saturated heterocycles. The topological polar surface area (TPSA) is 49.4 Å². The molecule has 1 atom stereocenters. The summed E-state index contributed by atoms with van der Waals surface area (Å²) >= 11 is 5.88. The van der Waals surface area contributed by atoms with E-state index in [1.807, 2.05) is 25.1 Å². The quantitative estimate of drug-likeness (QED) is 0.835. The molecule has 2 amide bonds. The molecule has 0 unspecified atom stereocenters. The third kappa shape index (κ3) is 4.20. The molecule has 0 bridgehead atoms. The largest absolute Gasteiger partial charge is 0.355 e. The van der Waals surface area contributed by atoms with Gasteiger partial charge in [0.05, 0.1) is 0 Å². The Balaban J connectivity index is 1.54.